The fraction of sp³-hybridized carbons (Fsp3) is 0.429. The second-order valence-corrected chi connectivity index (χ2v) is 6.37. The molecule has 140 valence electrons. The number of amides is 1. The lowest BCUT2D eigenvalue weighted by Crippen LogP contribution is -2.39. The zero-order valence-corrected chi connectivity index (χ0v) is 16.3. The van der Waals surface area contributed by atoms with Gasteiger partial charge in [-0.15, -0.1) is 0 Å². The predicted octanol–water partition coefficient (Wildman–Crippen LogP) is 4.10. The predicted molar refractivity (Wildman–Crippen MR) is 104 cm³/mol. The van der Waals surface area contributed by atoms with Gasteiger partial charge in [-0.05, 0) is 37.5 Å². The molecule has 5 nitrogen and oxygen atoms in total. The first-order chi connectivity index (χ1) is 12.4. The Kier molecular flexibility index (Phi) is 6.61. The Hall–Kier alpha value is -2.56. The lowest BCUT2D eigenvalue weighted by Gasteiger charge is -2.17. The normalized spacial score (nSPS) is 10.7. The third-order valence-electron chi connectivity index (χ3n) is 4.58. The van der Waals surface area contributed by atoms with E-state index >= 15 is 0 Å². The molecule has 0 saturated carbocycles. The Balaban J connectivity index is 2.52. The summed E-state index contributed by atoms with van der Waals surface area (Å²) < 4.78 is 6.70. The molecule has 1 heterocycles. The van der Waals surface area contributed by atoms with E-state index in [4.69, 9.17) is 4.74 Å². The van der Waals surface area contributed by atoms with Gasteiger partial charge in [0.2, 0.25) is 5.69 Å². The van der Waals surface area contributed by atoms with Crippen LogP contribution in [0.25, 0.3) is 0 Å². The van der Waals surface area contributed by atoms with E-state index in [0.29, 0.717) is 42.1 Å². The van der Waals surface area contributed by atoms with Crippen LogP contribution in [0, 0.1) is 19.1 Å². The highest BCUT2D eigenvalue weighted by molar-refractivity contribution is 6.07. The van der Waals surface area contributed by atoms with Crippen LogP contribution in [0.4, 0.5) is 5.69 Å². The number of aryl methyl sites for hydroxylation is 2. The van der Waals surface area contributed by atoms with Crippen molar-refractivity contribution >= 4 is 11.6 Å². The number of benzene rings is 1. The van der Waals surface area contributed by atoms with Crippen molar-refractivity contribution in [2.75, 3.05) is 11.9 Å². The second-order valence-electron chi connectivity index (χ2n) is 6.37. The van der Waals surface area contributed by atoms with Gasteiger partial charge in [-0.3, -0.25) is 4.79 Å². The van der Waals surface area contributed by atoms with Gasteiger partial charge in [0.25, 0.3) is 5.91 Å². The minimum Gasteiger partial charge on any atom is -0.618 e. The first kappa shape index (κ1) is 19.8. The van der Waals surface area contributed by atoms with E-state index in [1.807, 2.05) is 52.8 Å². The molecular weight excluding hydrogens is 328 g/mol. The van der Waals surface area contributed by atoms with Gasteiger partial charge in [-0.1, -0.05) is 32.9 Å². The van der Waals surface area contributed by atoms with Crippen LogP contribution in [0.3, 0.4) is 0 Å². The summed E-state index contributed by atoms with van der Waals surface area (Å²) in [4.78, 5) is 13.0. The number of hydrogen-bond donors (Lipinski definition) is 1. The van der Waals surface area contributed by atoms with Crippen molar-refractivity contribution in [1.29, 1.82) is 0 Å². The van der Waals surface area contributed by atoms with Crippen LogP contribution in [0.2, 0.25) is 0 Å². The van der Waals surface area contributed by atoms with Crippen LogP contribution < -0.4 is 14.8 Å². The average Bonchev–Trinajstić information content (AvgIpc) is 2.63. The molecule has 0 aliphatic rings. The summed E-state index contributed by atoms with van der Waals surface area (Å²) >= 11 is 0. The summed E-state index contributed by atoms with van der Waals surface area (Å²) in [5, 5.41) is 15.6. The zero-order valence-electron chi connectivity index (χ0n) is 16.3. The molecule has 1 amide bonds. The first-order valence-corrected chi connectivity index (χ1v) is 9.23. The lowest BCUT2D eigenvalue weighted by molar-refractivity contribution is -0.622. The minimum atomic E-state index is -0.311. The molecule has 0 aliphatic carbocycles. The number of nitrogens with one attached hydrogen (secondary N) is 1. The van der Waals surface area contributed by atoms with Gasteiger partial charge in [0.1, 0.15) is 11.3 Å². The molecule has 0 spiro atoms. The molecule has 1 N–H and O–H groups in total. The second kappa shape index (κ2) is 8.70. The summed E-state index contributed by atoms with van der Waals surface area (Å²) in [6.45, 7) is 10.3. The number of carbonyl (C=O) groups is 1. The van der Waals surface area contributed by atoms with Crippen LogP contribution >= 0.6 is 0 Å². The SMILES string of the molecule is CCCOc1cc(CC)[n+]([O-])c(CC)c1C(=O)Nc1cccc(C)c1C. The molecule has 0 bridgehead atoms. The number of pyridine rings is 1. The van der Waals surface area contributed by atoms with Gasteiger partial charge in [0.15, 0.2) is 5.69 Å². The number of aromatic nitrogens is 1. The molecule has 5 heteroatoms. The zero-order chi connectivity index (χ0) is 19.3. The Morgan fingerprint density at radius 3 is 2.54 bits per heavy atom. The maximum Gasteiger partial charge on any atom is 0.265 e. The third kappa shape index (κ3) is 3.98. The molecule has 0 radical (unpaired) electrons. The fourth-order valence-electron chi connectivity index (χ4n) is 2.91. The van der Waals surface area contributed by atoms with Crippen molar-refractivity contribution in [2.24, 2.45) is 0 Å². The first-order valence-electron chi connectivity index (χ1n) is 9.23. The molecule has 2 rings (SSSR count). The number of anilines is 1. The largest absolute Gasteiger partial charge is 0.618 e. The van der Waals surface area contributed by atoms with E-state index in [0.717, 1.165) is 28.0 Å². The van der Waals surface area contributed by atoms with Gasteiger partial charge < -0.3 is 15.3 Å². The Morgan fingerprint density at radius 2 is 1.92 bits per heavy atom. The van der Waals surface area contributed by atoms with Gasteiger partial charge in [0.05, 0.1) is 6.61 Å². The summed E-state index contributed by atoms with van der Waals surface area (Å²) in [5.74, 6) is 0.171. The monoisotopic (exact) mass is 356 g/mol. The summed E-state index contributed by atoms with van der Waals surface area (Å²) in [6.07, 6.45) is 1.86. The topological polar surface area (TPSA) is 65.3 Å². The molecule has 2 aromatic rings. The number of ether oxygens (including phenoxy) is 1. The number of carbonyl (C=O) groups excluding carboxylic acids is 1. The summed E-state index contributed by atoms with van der Waals surface area (Å²) in [6, 6.07) is 7.46. The van der Waals surface area contributed by atoms with Gasteiger partial charge in [-0.25, -0.2) is 0 Å². The maximum absolute atomic E-state index is 13.0. The molecule has 26 heavy (non-hydrogen) atoms. The van der Waals surface area contributed by atoms with Crippen LogP contribution in [0.5, 0.6) is 5.75 Å². The Bertz CT molecular complexity index is 800. The molecule has 1 aromatic carbocycles. The summed E-state index contributed by atoms with van der Waals surface area (Å²) in [5.41, 5.74) is 4.23. The molecule has 0 fully saturated rings. The van der Waals surface area contributed by atoms with Crippen LogP contribution in [0.15, 0.2) is 24.3 Å². The van der Waals surface area contributed by atoms with Crippen molar-refractivity contribution < 1.29 is 14.3 Å². The Morgan fingerprint density at radius 1 is 1.19 bits per heavy atom. The van der Waals surface area contributed by atoms with Crippen molar-refractivity contribution in [2.45, 2.75) is 53.9 Å². The van der Waals surface area contributed by atoms with E-state index in [1.165, 1.54) is 0 Å². The maximum atomic E-state index is 13.0. The third-order valence-corrected chi connectivity index (χ3v) is 4.58. The molecular formula is C21H28N2O3. The van der Waals surface area contributed by atoms with Crippen LogP contribution in [-0.4, -0.2) is 12.5 Å². The van der Waals surface area contributed by atoms with Crippen molar-refractivity contribution in [3.8, 4) is 5.75 Å². The molecule has 0 atom stereocenters. The number of nitrogens with zero attached hydrogens (tertiary/aromatic N) is 1. The van der Waals surface area contributed by atoms with E-state index < -0.39 is 0 Å². The molecule has 0 unspecified atom stereocenters. The van der Waals surface area contributed by atoms with Crippen LogP contribution in [0.1, 0.15) is 60.1 Å². The smallest absolute Gasteiger partial charge is 0.265 e. The standard InChI is InChI=1S/C21H28N2O3/c1-6-12-26-19-13-16(7-2)23(25)18(8-3)20(19)21(24)22-17-11-9-10-14(4)15(17)5/h9-11,13H,6-8,12H2,1-5H3,(H,22,24). The fourth-order valence-corrected chi connectivity index (χ4v) is 2.91. The molecule has 0 aliphatic heterocycles. The highest BCUT2D eigenvalue weighted by Crippen LogP contribution is 2.26. The lowest BCUT2D eigenvalue weighted by atomic mass is 10.1. The molecule has 0 saturated heterocycles. The van der Waals surface area contributed by atoms with Crippen molar-refractivity contribution in [3.05, 3.63) is 57.6 Å². The number of rotatable bonds is 7. The quantitative estimate of drug-likeness (QED) is 0.600. The Labute approximate surface area is 155 Å². The van der Waals surface area contributed by atoms with E-state index in [1.54, 1.807) is 6.07 Å². The highest BCUT2D eigenvalue weighted by Gasteiger charge is 2.27. The summed E-state index contributed by atoms with van der Waals surface area (Å²) in [7, 11) is 0. The van der Waals surface area contributed by atoms with Gasteiger partial charge in [0, 0.05) is 24.6 Å². The molecule has 1 aromatic heterocycles. The number of hydrogen-bond acceptors (Lipinski definition) is 3. The van der Waals surface area contributed by atoms with E-state index in [-0.39, 0.29) is 5.91 Å². The highest BCUT2D eigenvalue weighted by atomic mass is 16.5. The van der Waals surface area contributed by atoms with E-state index in [9.17, 15) is 10.0 Å². The minimum absolute atomic E-state index is 0.311. The van der Waals surface area contributed by atoms with Crippen molar-refractivity contribution in [1.82, 2.24) is 0 Å². The van der Waals surface area contributed by atoms with Gasteiger partial charge in [-0.2, -0.15) is 4.73 Å². The van der Waals surface area contributed by atoms with Gasteiger partial charge >= 0.3 is 0 Å². The van der Waals surface area contributed by atoms with Crippen LogP contribution in [-0.2, 0) is 12.8 Å². The van der Waals surface area contributed by atoms with E-state index in [2.05, 4.69) is 5.32 Å². The average molecular weight is 356 g/mol. The van der Waals surface area contributed by atoms with Crippen molar-refractivity contribution in [3.63, 3.8) is 0 Å².